The highest BCUT2D eigenvalue weighted by molar-refractivity contribution is 5.97. The summed E-state index contributed by atoms with van der Waals surface area (Å²) in [6.07, 6.45) is -3.57. The van der Waals surface area contributed by atoms with Crippen LogP contribution in [-0.4, -0.2) is 36.0 Å². The molecule has 1 aromatic heterocycles. The number of anilines is 2. The zero-order valence-corrected chi connectivity index (χ0v) is 19.2. The number of carbonyl (C=O) groups excluding carboxylic acids is 1. The Kier molecular flexibility index (Phi) is 5.83. The monoisotopic (exact) mass is 482 g/mol. The number of halogens is 3. The smallest absolute Gasteiger partial charge is 0.425 e. The molecule has 2 fully saturated rings. The topological polar surface area (TPSA) is 70.3 Å². The second-order valence-corrected chi connectivity index (χ2v) is 9.12. The number of benzene rings is 2. The third-order valence-corrected chi connectivity index (χ3v) is 6.63. The zero-order chi connectivity index (χ0) is 24.7. The van der Waals surface area contributed by atoms with E-state index < -0.39 is 18.4 Å². The lowest BCUT2D eigenvalue weighted by Gasteiger charge is -2.18. The predicted molar refractivity (Wildman–Crippen MR) is 127 cm³/mol. The van der Waals surface area contributed by atoms with Crippen molar-refractivity contribution in [2.45, 2.75) is 50.9 Å². The quantitative estimate of drug-likeness (QED) is 0.444. The van der Waals surface area contributed by atoms with Gasteiger partial charge in [0.15, 0.2) is 6.10 Å². The third-order valence-electron chi connectivity index (χ3n) is 6.63. The van der Waals surface area contributed by atoms with Gasteiger partial charge in [-0.2, -0.15) is 18.4 Å². The molecule has 3 aromatic rings. The highest BCUT2D eigenvalue weighted by Gasteiger charge is 2.39. The normalized spacial score (nSPS) is 16.8. The van der Waals surface area contributed by atoms with Crippen LogP contribution in [0.2, 0.25) is 0 Å². The number of hydrogen-bond acceptors (Lipinski definition) is 4. The van der Waals surface area contributed by atoms with Crippen molar-refractivity contribution in [3.8, 4) is 17.3 Å². The summed E-state index contributed by atoms with van der Waals surface area (Å²) in [5.74, 6) is 0. The fraction of sp³-hybridized carbons (Fsp3) is 0.385. The zero-order valence-electron chi connectivity index (χ0n) is 19.2. The minimum atomic E-state index is -4.63. The van der Waals surface area contributed by atoms with Crippen LogP contribution in [0, 0.1) is 11.3 Å². The highest BCUT2D eigenvalue weighted by atomic mass is 19.4. The van der Waals surface area contributed by atoms with Gasteiger partial charge in [0.1, 0.15) is 6.07 Å². The van der Waals surface area contributed by atoms with Crippen LogP contribution in [0.15, 0.2) is 42.5 Å². The summed E-state index contributed by atoms with van der Waals surface area (Å²) >= 11 is 0. The molecular formula is C26H25F3N4O2. The van der Waals surface area contributed by atoms with Crippen molar-refractivity contribution < 1.29 is 22.7 Å². The van der Waals surface area contributed by atoms with E-state index in [0.717, 1.165) is 60.7 Å². The van der Waals surface area contributed by atoms with E-state index in [4.69, 9.17) is 0 Å². The van der Waals surface area contributed by atoms with Gasteiger partial charge < -0.3 is 14.2 Å². The fourth-order valence-corrected chi connectivity index (χ4v) is 4.67. The van der Waals surface area contributed by atoms with Crippen LogP contribution in [0.25, 0.3) is 22.2 Å². The van der Waals surface area contributed by atoms with Crippen LogP contribution in [0.5, 0.6) is 0 Å². The van der Waals surface area contributed by atoms with Gasteiger partial charge in [0.2, 0.25) is 0 Å². The summed E-state index contributed by atoms with van der Waals surface area (Å²) in [7, 11) is 0. The molecule has 0 spiro atoms. The Labute approximate surface area is 200 Å². The number of carbonyl (C=O) groups is 1. The van der Waals surface area contributed by atoms with E-state index >= 15 is 0 Å². The van der Waals surface area contributed by atoms with Gasteiger partial charge in [-0.15, -0.1) is 0 Å². The number of ether oxygens (including phenoxy) is 1. The standard InChI is InChI=1S/C26H25F3N4O2/c1-16(26(27,28)29)35-25(34)31-18-6-4-17(5-7-18)24-22(15-30)21-11-10-20(32-12-2-3-13-32)14-23(21)33(24)19-8-9-19/h4-7,10-11,14,16,19H,2-3,8-9,12-13H2,1H3,(H,31,34)/t16-/m1/s1. The Morgan fingerprint density at radius 1 is 1.14 bits per heavy atom. The SMILES string of the molecule is C[C@@H](OC(=O)Nc1ccc(-c2c(C#N)c3ccc(N4CCCC4)cc3n2C2CC2)cc1)C(F)(F)F. The minimum Gasteiger partial charge on any atom is -0.437 e. The summed E-state index contributed by atoms with van der Waals surface area (Å²) in [5, 5.41) is 13.3. The number of rotatable bonds is 5. The molecule has 182 valence electrons. The molecule has 1 atom stereocenters. The van der Waals surface area contributed by atoms with E-state index in [9.17, 15) is 23.2 Å². The number of nitriles is 1. The van der Waals surface area contributed by atoms with Crippen molar-refractivity contribution in [2.24, 2.45) is 0 Å². The Morgan fingerprint density at radius 2 is 1.83 bits per heavy atom. The molecule has 2 heterocycles. The first kappa shape index (κ1) is 23.1. The van der Waals surface area contributed by atoms with Gasteiger partial charge in [-0.3, -0.25) is 5.32 Å². The van der Waals surface area contributed by atoms with Gasteiger partial charge in [-0.25, -0.2) is 4.79 Å². The molecule has 0 radical (unpaired) electrons. The fourth-order valence-electron chi connectivity index (χ4n) is 4.67. The van der Waals surface area contributed by atoms with Crippen LogP contribution in [0.4, 0.5) is 29.3 Å². The summed E-state index contributed by atoms with van der Waals surface area (Å²) in [6.45, 7) is 2.84. The van der Waals surface area contributed by atoms with Crippen molar-refractivity contribution in [2.75, 3.05) is 23.3 Å². The Morgan fingerprint density at radius 3 is 2.43 bits per heavy atom. The van der Waals surface area contributed by atoms with Gasteiger partial charge in [0.25, 0.3) is 0 Å². The lowest BCUT2D eigenvalue weighted by Crippen LogP contribution is -2.32. The van der Waals surface area contributed by atoms with E-state index in [1.54, 1.807) is 24.3 Å². The van der Waals surface area contributed by atoms with Crippen molar-refractivity contribution in [1.29, 1.82) is 5.26 Å². The van der Waals surface area contributed by atoms with Crippen molar-refractivity contribution in [3.63, 3.8) is 0 Å². The van der Waals surface area contributed by atoms with E-state index in [-0.39, 0.29) is 0 Å². The van der Waals surface area contributed by atoms with Crippen molar-refractivity contribution in [1.82, 2.24) is 4.57 Å². The molecule has 35 heavy (non-hydrogen) atoms. The summed E-state index contributed by atoms with van der Waals surface area (Å²) < 4.78 is 44.5. The predicted octanol–water partition coefficient (Wildman–Crippen LogP) is 6.61. The van der Waals surface area contributed by atoms with Gasteiger partial charge in [0.05, 0.1) is 16.8 Å². The number of amides is 1. The Bertz CT molecular complexity index is 1300. The molecule has 2 aromatic carbocycles. The molecule has 1 N–H and O–H groups in total. The first-order chi connectivity index (χ1) is 16.8. The first-order valence-corrected chi connectivity index (χ1v) is 11.7. The summed E-state index contributed by atoms with van der Waals surface area (Å²) in [4.78, 5) is 14.2. The molecule has 9 heteroatoms. The van der Waals surface area contributed by atoms with Crippen LogP contribution in [0.1, 0.15) is 44.2 Å². The van der Waals surface area contributed by atoms with E-state index in [0.29, 0.717) is 17.3 Å². The second-order valence-electron chi connectivity index (χ2n) is 9.12. The number of nitrogens with one attached hydrogen (secondary N) is 1. The maximum absolute atomic E-state index is 12.6. The second kappa shape index (κ2) is 8.84. The van der Waals surface area contributed by atoms with Crippen LogP contribution in [-0.2, 0) is 4.74 Å². The van der Waals surface area contributed by atoms with E-state index in [1.807, 2.05) is 6.07 Å². The number of aromatic nitrogens is 1. The van der Waals surface area contributed by atoms with Crippen molar-refractivity contribution in [3.05, 3.63) is 48.0 Å². The number of fused-ring (bicyclic) bond motifs is 1. The maximum atomic E-state index is 12.6. The van der Waals surface area contributed by atoms with Crippen LogP contribution >= 0.6 is 0 Å². The van der Waals surface area contributed by atoms with Gasteiger partial charge in [-0.1, -0.05) is 12.1 Å². The molecule has 1 amide bonds. The average Bonchev–Trinajstić information content (AvgIpc) is 3.39. The molecule has 1 saturated heterocycles. The number of alkyl halides is 3. The largest absolute Gasteiger partial charge is 0.437 e. The highest BCUT2D eigenvalue weighted by Crippen LogP contribution is 2.45. The number of hydrogen-bond donors (Lipinski definition) is 1. The van der Waals surface area contributed by atoms with Crippen LogP contribution in [0.3, 0.4) is 0 Å². The molecule has 0 bridgehead atoms. The first-order valence-electron chi connectivity index (χ1n) is 11.7. The molecule has 1 saturated carbocycles. The molecule has 1 aliphatic heterocycles. The number of nitrogens with zero attached hydrogens (tertiary/aromatic N) is 3. The molecule has 1 aliphatic carbocycles. The minimum absolute atomic E-state index is 0.303. The summed E-state index contributed by atoms with van der Waals surface area (Å²) in [5.41, 5.74) is 4.72. The lowest BCUT2D eigenvalue weighted by molar-refractivity contribution is -0.196. The Hall–Kier alpha value is -3.67. The Balaban J connectivity index is 1.47. The van der Waals surface area contributed by atoms with E-state index in [2.05, 4.69) is 37.7 Å². The van der Waals surface area contributed by atoms with Gasteiger partial charge in [0, 0.05) is 35.9 Å². The molecule has 6 nitrogen and oxygen atoms in total. The molecule has 0 unspecified atom stereocenters. The van der Waals surface area contributed by atoms with Crippen LogP contribution < -0.4 is 10.2 Å². The van der Waals surface area contributed by atoms with Gasteiger partial charge in [-0.05, 0) is 68.5 Å². The van der Waals surface area contributed by atoms with Crippen molar-refractivity contribution >= 4 is 28.4 Å². The lowest BCUT2D eigenvalue weighted by atomic mass is 10.1. The molecule has 2 aliphatic rings. The average molecular weight is 483 g/mol. The molecular weight excluding hydrogens is 457 g/mol. The molecule has 5 rings (SSSR count). The third kappa shape index (κ3) is 4.53. The maximum Gasteiger partial charge on any atom is 0.425 e. The van der Waals surface area contributed by atoms with E-state index in [1.165, 1.54) is 12.8 Å². The summed E-state index contributed by atoms with van der Waals surface area (Å²) in [6, 6.07) is 15.7. The van der Waals surface area contributed by atoms with Gasteiger partial charge >= 0.3 is 12.3 Å².